The highest BCUT2D eigenvalue weighted by atomic mass is 79.9. The second-order valence-corrected chi connectivity index (χ2v) is 6.47. The van der Waals surface area contributed by atoms with Gasteiger partial charge < -0.3 is 10.2 Å². The summed E-state index contributed by atoms with van der Waals surface area (Å²) < 4.78 is 0.990. The molecule has 1 heterocycles. The van der Waals surface area contributed by atoms with Crippen molar-refractivity contribution in [2.24, 2.45) is 0 Å². The third-order valence-electron chi connectivity index (χ3n) is 3.79. The molecule has 4 nitrogen and oxygen atoms in total. The molecule has 0 aliphatic carbocycles. The van der Waals surface area contributed by atoms with Crippen LogP contribution in [-0.4, -0.2) is 18.4 Å². The monoisotopic (exact) mass is 372 g/mol. The number of hydrogen-bond donors (Lipinski definition) is 1. The number of amides is 2. The summed E-state index contributed by atoms with van der Waals surface area (Å²) in [7, 11) is 0. The van der Waals surface area contributed by atoms with E-state index in [1.165, 1.54) is 0 Å². The topological polar surface area (TPSA) is 49.4 Å². The zero-order valence-electron chi connectivity index (χ0n) is 12.6. The maximum absolute atomic E-state index is 12.2. The lowest BCUT2D eigenvalue weighted by molar-refractivity contribution is -0.117. The summed E-state index contributed by atoms with van der Waals surface area (Å²) >= 11 is 3.38. The van der Waals surface area contributed by atoms with Crippen LogP contribution >= 0.6 is 15.9 Å². The van der Waals surface area contributed by atoms with Crippen molar-refractivity contribution in [3.05, 3.63) is 58.6 Å². The van der Waals surface area contributed by atoms with Crippen molar-refractivity contribution in [1.82, 2.24) is 0 Å². The predicted molar refractivity (Wildman–Crippen MR) is 94.5 cm³/mol. The highest BCUT2D eigenvalue weighted by molar-refractivity contribution is 9.10. The van der Waals surface area contributed by atoms with Crippen molar-refractivity contribution in [1.29, 1.82) is 0 Å². The van der Waals surface area contributed by atoms with Crippen molar-refractivity contribution in [3.8, 4) is 0 Å². The Morgan fingerprint density at radius 1 is 1.17 bits per heavy atom. The molecular weight excluding hydrogens is 356 g/mol. The molecular formula is C18H17BrN2O2. The molecule has 0 aromatic heterocycles. The number of nitrogens with zero attached hydrogens (tertiary/aromatic N) is 1. The van der Waals surface area contributed by atoms with Gasteiger partial charge in [-0.2, -0.15) is 0 Å². The molecule has 23 heavy (non-hydrogen) atoms. The van der Waals surface area contributed by atoms with Crippen molar-refractivity contribution in [2.75, 3.05) is 16.8 Å². The molecule has 0 radical (unpaired) electrons. The molecule has 5 heteroatoms. The molecule has 3 rings (SSSR count). The number of anilines is 2. The van der Waals surface area contributed by atoms with Gasteiger partial charge in [0.2, 0.25) is 11.8 Å². The molecule has 118 valence electrons. The number of carbonyl (C=O) groups is 2. The van der Waals surface area contributed by atoms with Gasteiger partial charge in [-0.3, -0.25) is 9.59 Å². The smallest absolute Gasteiger partial charge is 0.228 e. The molecule has 0 unspecified atom stereocenters. The molecule has 2 aromatic carbocycles. The van der Waals surface area contributed by atoms with Crippen molar-refractivity contribution < 1.29 is 9.59 Å². The molecule has 2 amide bonds. The summed E-state index contributed by atoms with van der Waals surface area (Å²) in [6.07, 6.45) is 1.80. The van der Waals surface area contributed by atoms with E-state index in [4.69, 9.17) is 0 Å². The molecule has 0 bridgehead atoms. The highest BCUT2D eigenvalue weighted by Gasteiger charge is 2.21. The normalized spacial score (nSPS) is 14.1. The number of halogens is 1. The van der Waals surface area contributed by atoms with Crippen LogP contribution in [0.25, 0.3) is 0 Å². The Morgan fingerprint density at radius 3 is 2.65 bits per heavy atom. The average molecular weight is 373 g/mol. The minimum Gasteiger partial charge on any atom is -0.326 e. The van der Waals surface area contributed by atoms with E-state index in [0.717, 1.165) is 28.7 Å². The van der Waals surface area contributed by atoms with Crippen LogP contribution in [0.3, 0.4) is 0 Å². The Kier molecular flexibility index (Phi) is 4.76. The van der Waals surface area contributed by atoms with Crippen molar-refractivity contribution in [2.45, 2.75) is 19.3 Å². The Balaban J connectivity index is 1.66. The van der Waals surface area contributed by atoms with Gasteiger partial charge in [-0.1, -0.05) is 34.1 Å². The number of rotatable bonds is 4. The van der Waals surface area contributed by atoms with Crippen LogP contribution in [0.2, 0.25) is 0 Å². The van der Waals surface area contributed by atoms with Gasteiger partial charge in [0, 0.05) is 28.8 Å². The maximum Gasteiger partial charge on any atom is 0.228 e. The third-order valence-corrected chi connectivity index (χ3v) is 4.32. The van der Waals surface area contributed by atoms with E-state index in [2.05, 4.69) is 21.2 Å². The zero-order valence-corrected chi connectivity index (χ0v) is 14.2. The molecule has 1 N–H and O–H groups in total. The lowest BCUT2D eigenvalue weighted by Crippen LogP contribution is -2.23. The van der Waals surface area contributed by atoms with E-state index in [1.807, 2.05) is 48.5 Å². The lowest BCUT2D eigenvalue weighted by Gasteiger charge is -2.16. The summed E-state index contributed by atoms with van der Waals surface area (Å²) in [5.74, 6) is 0.0700. The third kappa shape index (κ3) is 3.99. The van der Waals surface area contributed by atoms with Crippen LogP contribution in [0.1, 0.15) is 18.4 Å². The summed E-state index contributed by atoms with van der Waals surface area (Å²) in [6.45, 7) is 0.745. The number of carbonyl (C=O) groups excluding carboxylic acids is 2. The van der Waals surface area contributed by atoms with Crippen LogP contribution in [0.4, 0.5) is 11.4 Å². The summed E-state index contributed by atoms with van der Waals surface area (Å²) in [4.78, 5) is 25.7. The first-order valence-electron chi connectivity index (χ1n) is 7.56. The fourth-order valence-electron chi connectivity index (χ4n) is 2.67. The van der Waals surface area contributed by atoms with Gasteiger partial charge in [-0.25, -0.2) is 0 Å². The van der Waals surface area contributed by atoms with E-state index >= 15 is 0 Å². The Morgan fingerprint density at radius 2 is 1.96 bits per heavy atom. The van der Waals surface area contributed by atoms with Crippen molar-refractivity contribution >= 4 is 39.1 Å². The van der Waals surface area contributed by atoms with E-state index in [-0.39, 0.29) is 11.8 Å². The molecule has 1 saturated heterocycles. The van der Waals surface area contributed by atoms with E-state index in [1.54, 1.807) is 4.90 Å². The molecule has 1 fully saturated rings. The summed E-state index contributed by atoms with van der Waals surface area (Å²) in [5.41, 5.74) is 2.51. The van der Waals surface area contributed by atoms with Gasteiger partial charge in [0.05, 0.1) is 6.42 Å². The SMILES string of the molecule is O=C(Cc1ccc(Br)cc1)Nc1cccc(N2CCCC2=O)c1. The Labute approximate surface area is 143 Å². The summed E-state index contributed by atoms with van der Waals surface area (Å²) in [5, 5.41) is 2.90. The number of hydrogen-bond acceptors (Lipinski definition) is 2. The fourth-order valence-corrected chi connectivity index (χ4v) is 2.93. The van der Waals surface area contributed by atoms with Gasteiger partial charge in [-0.15, -0.1) is 0 Å². The maximum atomic E-state index is 12.2. The lowest BCUT2D eigenvalue weighted by atomic mass is 10.1. The Bertz CT molecular complexity index is 728. The predicted octanol–water partition coefficient (Wildman–Crippen LogP) is 3.76. The number of nitrogens with one attached hydrogen (secondary N) is 1. The molecule has 0 atom stereocenters. The van der Waals surface area contributed by atoms with Crippen LogP contribution in [-0.2, 0) is 16.0 Å². The fraction of sp³-hybridized carbons (Fsp3) is 0.222. The van der Waals surface area contributed by atoms with E-state index < -0.39 is 0 Å². The molecule has 1 aliphatic rings. The first-order chi connectivity index (χ1) is 11.1. The summed E-state index contributed by atoms with van der Waals surface area (Å²) in [6, 6.07) is 15.1. The second kappa shape index (κ2) is 6.96. The second-order valence-electron chi connectivity index (χ2n) is 5.55. The average Bonchev–Trinajstić information content (AvgIpc) is 2.96. The van der Waals surface area contributed by atoms with Crippen LogP contribution in [0, 0.1) is 0 Å². The van der Waals surface area contributed by atoms with Gasteiger partial charge in [0.15, 0.2) is 0 Å². The molecule has 0 saturated carbocycles. The molecule has 2 aromatic rings. The van der Waals surface area contributed by atoms with Crippen molar-refractivity contribution in [3.63, 3.8) is 0 Å². The molecule has 1 aliphatic heterocycles. The van der Waals surface area contributed by atoms with Gasteiger partial charge >= 0.3 is 0 Å². The van der Waals surface area contributed by atoms with E-state index in [0.29, 0.717) is 18.5 Å². The zero-order chi connectivity index (χ0) is 16.2. The minimum absolute atomic E-state index is 0.0720. The van der Waals surface area contributed by atoms with Crippen LogP contribution < -0.4 is 10.2 Å². The van der Waals surface area contributed by atoms with Crippen LogP contribution in [0.5, 0.6) is 0 Å². The Hall–Kier alpha value is -2.14. The highest BCUT2D eigenvalue weighted by Crippen LogP contribution is 2.24. The first-order valence-corrected chi connectivity index (χ1v) is 8.36. The quantitative estimate of drug-likeness (QED) is 0.887. The van der Waals surface area contributed by atoms with Gasteiger partial charge in [0.1, 0.15) is 0 Å². The minimum atomic E-state index is -0.0720. The molecule has 0 spiro atoms. The van der Waals surface area contributed by atoms with Gasteiger partial charge in [-0.05, 0) is 42.3 Å². The number of benzene rings is 2. The van der Waals surface area contributed by atoms with Crippen LogP contribution in [0.15, 0.2) is 53.0 Å². The standard InChI is InChI=1S/C18H17BrN2O2/c19-14-8-6-13(7-9-14)11-17(22)20-15-3-1-4-16(12-15)21-10-2-5-18(21)23/h1,3-4,6-9,12H,2,5,10-11H2,(H,20,22). The first kappa shape index (κ1) is 15.7. The largest absolute Gasteiger partial charge is 0.326 e. The van der Waals surface area contributed by atoms with Gasteiger partial charge in [0.25, 0.3) is 0 Å². The van der Waals surface area contributed by atoms with E-state index in [9.17, 15) is 9.59 Å².